The number of alkyl halides is 1. The number of aromatic nitrogens is 4. The molecule has 0 bridgehead atoms. The van der Waals surface area contributed by atoms with Gasteiger partial charge in [-0.25, -0.2) is 13.9 Å². The van der Waals surface area contributed by atoms with E-state index in [-0.39, 0.29) is 53.7 Å². The van der Waals surface area contributed by atoms with Gasteiger partial charge in [-0.3, -0.25) is 28.3 Å². The smallest absolute Gasteiger partial charge is 0.432 e. The Morgan fingerprint density at radius 3 is 2.78 bits per heavy atom. The van der Waals surface area contributed by atoms with Gasteiger partial charge in [0.05, 0.1) is 31.6 Å². The molecular weight excluding hydrogens is 634 g/mol. The van der Waals surface area contributed by atoms with Crippen LogP contribution >= 0.6 is 19.5 Å². The van der Waals surface area contributed by atoms with Crippen LogP contribution in [0, 0.1) is 5.41 Å². The Morgan fingerprint density at radius 2 is 2.09 bits per heavy atom. The molecule has 0 aliphatic carbocycles. The highest BCUT2D eigenvalue weighted by molar-refractivity contribution is 8.13. The average Bonchev–Trinajstić information content (AvgIpc) is 3.51. The van der Waals surface area contributed by atoms with Crippen LogP contribution in [0.3, 0.4) is 0 Å². The van der Waals surface area contributed by atoms with E-state index in [1.54, 1.807) is 51.1 Å². The minimum Gasteiger partial charge on any atom is -0.476 e. The number of imidazole rings is 1. The minimum absolute atomic E-state index is 0.0521. The molecule has 4 rings (SSSR count). The normalized spacial score (nSPS) is 23.3. The maximum atomic E-state index is 16.1. The summed E-state index contributed by atoms with van der Waals surface area (Å²) in [5.41, 5.74) is 3.10. The van der Waals surface area contributed by atoms with Crippen LogP contribution < -0.4 is 15.6 Å². The number of hydrogen-bond acceptors (Lipinski definition) is 14. The first-order chi connectivity index (χ1) is 21.7. The van der Waals surface area contributed by atoms with E-state index in [0.717, 1.165) is 18.7 Å². The first-order valence-corrected chi connectivity index (χ1v) is 16.4. The van der Waals surface area contributed by atoms with Gasteiger partial charge in [0.2, 0.25) is 11.8 Å². The Balaban J connectivity index is 1.46. The summed E-state index contributed by atoms with van der Waals surface area (Å²) in [5.74, 6) is 0.0188. The molecule has 1 aromatic carbocycles. The number of aliphatic hydroxyl groups is 1. The maximum absolute atomic E-state index is 16.1. The summed E-state index contributed by atoms with van der Waals surface area (Å²) in [4.78, 5) is 35.8. The van der Waals surface area contributed by atoms with E-state index < -0.39 is 50.3 Å². The molecule has 0 spiro atoms. The third kappa shape index (κ3) is 8.09. The van der Waals surface area contributed by atoms with Crippen LogP contribution in [-0.2, 0) is 32.7 Å². The van der Waals surface area contributed by atoms with Crippen LogP contribution in [0.2, 0.25) is 0 Å². The van der Waals surface area contributed by atoms with Crippen molar-refractivity contribution in [3.05, 3.63) is 36.7 Å². The number of benzene rings is 1. The van der Waals surface area contributed by atoms with Crippen LogP contribution in [-0.4, -0.2) is 86.2 Å². The van der Waals surface area contributed by atoms with Crippen molar-refractivity contribution in [1.29, 1.82) is 0 Å². The molecule has 0 amide bonds. The highest BCUT2D eigenvalue weighted by Crippen LogP contribution is 2.50. The van der Waals surface area contributed by atoms with Gasteiger partial charge < -0.3 is 25.1 Å². The average molecular weight is 672 g/mol. The molecule has 2 aromatic heterocycles. The number of para-hydroxylation sites is 1. The van der Waals surface area contributed by atoms with Gasteiger partial charge in [-0.1, -0.05) is 30.0 Å². The van der Waals surface area contributed by atoms with E-state index >= 15 is 4.39 Å². The molecular formula is C27H36FN6O9PS. The number of hydrogen-bond donors (Lipinski definition) is 3. The lowest BCUT2D eigenvalue weighted by Gasteiger charge is -2.25. The topological polar surface area (TPSA) is 199 Å². The number of nitrogens with one attached hydrogen (secondary N) is 1. The third-order valence-corrected chi connectivity index (χ3v) is 9.46. The number of rotatable bonds is 15. The first-order valence-electron chi connectivity index (χ1n) is 14.3. The molecule has 3 heterocycles. The summed E-state index contributed by atoms with van der Waals surface area (Å²) in [7, 11) is -4.18. The van der Waals surface area contributed by atoms with Crippen molar-refractivity contribution < 1.29 is 48.3 Å². The number of nitrogens with zero attached hydrogens (tertiary/aromatic N) is 4. The Morgan fingerprint density at radius 1 is 1.36 bits per heavy atom. The number of fused-ring (bicyclic) bond motifs is 1. The summed E-state index contributed by atoms with van der Waals surface area (Å²) >= 11 is 0.858. The molecule has 5 atom stereocenters. The monoisotopic (exact) mass is 671 g/mol. The summed E-state index contributed by atoms with van der Waals surface area (Å²) in [6.07, 6.45) is -4.47. The molecule has 3 aromatic rings. The lowest BCUT2D eigenvalue weighted by molar-refractivity contribution is -0.134. The van der Waals surface area contributed by atoms with Crippen LogP contribution in [0.15, 0.2) is 36.7 Å². The summed E-state index contributed by atoms with van der Waals surface area (Å²) in [5, 5.41) is 13.3. The minimum atomic E-state index is -4.18. The highest BCUT2D eigenvalue weighted by Gasteiger charge is 2.56. The quantitative estimate of drug-likeness (QED) is 0.120. The van der Waals surface area contributed by atoms with Gasteiger partial charge in [-0.2, -0.15) is 9.97 Å². The molecule has 246 valence electrons. The lowest BCUT2D eigenvalue weighted by Crippen LogP contribution is -2.40. The number of carbonyl (C=O) groups is 2. The molecule has 1 fully saturated rings. The van der Waals surface area contributed by atoms with E-state index in [9.17, 15) is 19.3 Å². The van der Waals surface area contributed by atoms with E-state index in [0.29, 0.717) is 5.69 Å². The number of anilines is 2. The fourth-order valence-electron chi connectivity index (χ4n) is 4.37. The molecule has 15 nitrogen and oxygen atoms in total. The van der Waals surface area contributed by atoms with Gasteiger partial charge in [0.1, 0.15) is 18.8 Å². The zero-order valence-electron chi connectivity index (χ0n) is 26.0. The van der Waals surface area contributed by atoms with Crippen molar-refractivity contribution in [1.82, 2.24) is 19.5 Å². The van der Waals surface area contributed by atoms with Crippen molar-refractivity contribution in [2.45, 2.75) is 51.8 Å². The lowest BCUT2D eigenvalue weighted by atomic mass is 9.97. The van der Waals surface area contributed by atoms with Gasteiger partial charge in [0.25, 0.3) is 6.45 Å². The molecule has 1 unspecified atom stereocenters. The Bertz CT molecular complexity index is 1580. The predicted octanol–water partition coefficient (Wildman–Crippen LogP) is 3.51. The number of carbonyl (C=O) groups excluding carboxylic acids is 2. The summed E-state index contributed by atoms with van der Waals surface area (Å²) in [6.45, 7) is 5.22. The van der Waals surface area contributed by atoms with Crippen LogP contribution in [0.1, 0.15) is 35.3 Å². The number of ether oxygens (including phenoxy) is 3. The largest absolute Gasteiger partial charge is 0.476 e. The first kappa shape index (κ1) is 33.0. The van der Waals surface area contributed by atoms with Gasteiger partial charge in [-0.15, -0.1) is 0 Å². The van der Waals surface area contributed by atoms with Crippen molar-refractivity contribution >= 4 is 53.9 Å². The second-order valence-electron chi connectivity index (χ2n) is 10.8. The van der Waals surface area contributed by atoms with Crippen molar-refractivity contribution in [2.75, 3.05) is 43.0 Å². The number of halogens is 1. The van der Waals surface area contributed by atoms with E-state index in [2.05, 4.69) is 24.8 Å². The summed E-state index contributed by atoms with van der Waals surface area (Å²) < 4.78 is 65.3. The number of nitrogens with two attached hydrogens (primary N) is 1. The van der Waals surface area contributed by atoms with Gasteiger partial charge >= 0.3 is 7.75 Å². The van der Waals surface area contributed by atoms with Gasteiger partial charge in [-0.05, 0) is 39.8 Å². The maximum Gasteiger partial charge on any atom is 0.432 e. The Kier molecular flexibility index (Phi) is 10.6. The second kappa shape index (κ2) is 14.4. The molecule has 1 saturated heterocycles. The predicted molar refractivity (Wildman–Crippen MR) is 163 cm³/mol. The molecule has 18 heteroatoms. The van der Waals surface area contributed by atoms with Crippen molar-refractivity contribution in [3.63, 3.8) is 0 Å². The van der Waals surface area contributed by atoms with Crippen LogP contribution in [0.5, 0.6) is 5.88 Å². The fourth-order valence-corrected chi connectivity index (χ4v) is 6.64. The van der Waals surface area contributed by atoms with Crippen LogP contribution in [0.4, 0.5) is 16.0 Å². The molecule has 45 heavy (non-hydrogen) atoms. The highest BCUT2D eigenvalue weighted by atomic mass is 32.2. The van der Waals surface area contributed by atoms with Gasteiger partial charge in [0, 0.05) is 11.4 Å². The molecule has 1 aliphatic rings. The molecule has 0 saturated carbocycles. The number of nitrogen functional groups attached to an aromatic ring is 1. The zero-order valence-corrected chi connectivity index (χ0v) is 26.8. The molecule has 4 N–H and O–H groups in total. The SMILES string of the molecule is [2H]C(=O)OCC(C)(C)C(=O)SCCOP(=O)(Nc1ccccc1)OC[C@H]1O[C@@H](n2cnc3c(OCC)nc(N)nc32)[C@](C)(F)[C@@H]1O. The van der Waals surface area contributed by atoms with Crippen molar-refractivity contribution in [2.24, 2.45) is 5.41 Å². The van der Waals surface area contributed by atoms with Gasteiger partial charge in [0.15, 0.2) is 29.5 Å². The standard InChI is InChI=1S/C27H36FN6O9PS/c1-5-40-22-19-21(31-25(29)32-22)34(15-30-19)23-27(4,28)20(36)18(43-23)13-42-44(38,33-17-9-7-6-8-10-17)41-11-12-45-24(37)26(2,3)14-39-16-35/h6-10,15-16,18,20,23,36H,5,11-14H2,1-4H3,(H,33,38)(H2,29,31,32)/t18-,20-,23-,27-,44?/m1/s1/i16D. The molecule has 0 radical (unpaired) electrons. The van der Waals surface area contributed by atoms with E-state index in [1.165, 1.54) is 10.9 Å². The Hall–Kier alpha value is -3.34. The van der Waals surface area contributed by atoms with E-state index in [1.807, 2.05) is 0 Å². The fraction of sp³-hybridized carbons (Fsp3) is 0.519. The molecule has 1 aliphatic heterocycles. The van der Waals surface area contributed by atoms with Crippen molar-refractivity contribution in [3.8, 4) is 5.88 Å². The third-order valence-electron chi connectivity index (χ3n) is 6.73. The number of thioether (sulfide) groups is 1. The zero-order chi connectivity index (χ0) is 33.7. The number of aliphatic hydroxyl groups excluding tert-OH is 1. The van der Waals surface area contributed by atoms with E-state index in [4.69, 9.17) is 25.6 Å². The summed E-state index contributed by atoms with van der Waals surface area (Å²) in [6, 6.07) is 8.38. The second-order valence-corrected chi connectivity index (χ2v) is 13.6. The Labute approximate surface area is 264 Å². The van der Waals surface area contributed by atoms with Crippen LogP contribution in [0.25, 0.3) is 11.2 Å².